The fraction of sp³-hybridized carbons (Fsp3) is 1.00. The number of hydrogen-bond donors (Lipinski definition) is 0. The first-order valence-corrected chi connectivity index (χ1v) is 3.95. The average molecular weight is 156 g/mol. The summed E-state index contributed by atoms with van der Waals surface area (Å²) in [7, 11) is -4.93. The average Bonchev–Trinajstić information content (AvgIpc) is 1.59. The van der Waals surface area contributed by atoms with Crippen molar-refractivity contribution < 1.29 is 75.4 Å². The SMILES string of the molecule is CCCO[Si]([O-])([O-])[O-].[Li+].[Li+].[Li+]. The van der Waals surface area contributed by atoms with Crippen LogP contribution in [0.3, 0.4) is 0 Å². The van der Waals surface area contributed by atoms with E-state index in [9.17, 15) is 14.4 Å². The van der Waals surface area contributed by atoms with Gasteiger partial charge in [-0.1, -0.05) is 6.92 Å². The van der Waals surface area contributed by atoms with Gasteiger partial charge in [0.2, 0.25) is 0 Å². The topological polar surface area (TPSA) is 78.4 Å². The third-order valence-corrected chi connectivity index (χ3v) is 1.04. The molecule has 0 bridgehead atoms. The molecular weight excluding hydrogens is 149 g/mol. The summed E-state index contributed by atoms with van der Waals surface area (Å²) in [6.07, 6.45) is 0.543. The first-order valence-electron chi connectivity index (χ1n) is 2.31. The molecule has 0 radical (unpaired) electrons. The predicted octanol–water partition coefficient (Wildman–Crippen LogP) is -12.1. The molecule has 0 atom stereocenters. The van der Waals surface area contributed by atoms with Crippen LogP contribution >= 0.6 is 0 Å². The van der Waals surface area contributed by atoms with Gasteiger partial charge in [-0.2, -0.15) is 0 Å². The molecule has 0 saturated carbocycles. The Labute approximate surface area is 104 Å². The zero-order chi connectivity index (χ0) is 6.62. The Kier molecular flexibility index (Phi) is 24.8. The minimum Gasteiger partial charge on any atom is -0.861 e. The van der Waals surface area contributed by atoms with Gasteiger partial charge in [0.1, 0.15) is 0 Å². The van der Waals surface area contributed by atoms with E-state index in [0.29, 0.717) is 6.42 Å². The summed E-state index contributed by atoms with van der Waals surface area (Å²) in [4.78, 5) is 29.0. The molecule has 0 aliphatic heterocycles. The van der Waals surface area contributed by atoms with E-state index in [1.807, 2.05) is 0 Å². The zero-order valence-electron chi connectivity index (χ0n) is 7.55. The Bertz CT molecular complexity index is 68.1. The van der Waals surface area contributed by atoms with Crippen molar-refractivity contribution in [3.05, 3.63) is 0 Å². The second kappa shape index (κ2) is 11.8. The van der Waals surface area contributed by atoms with E-state index in [4.69, 9.17) is 0 Å². The summed E-state index contributed by atoms with van der Waals surface area (Å²) < 4.78 is 3.85. The van der Waals surface area contributed by atoms with Crippen molar-refractivity contribution >= 4 is 9.05 Å². The molecule has 0 unspecified atom stereocenters. The summed E-state index contributed by atoms with van der Waals surface area (Å²) >= 11 is 0. The van der Waals surface area contributed by atoms with Crippen molar-refractivity contribution in [1.29, 1.82) is 0 Å². The molecule has 0 aliphatic carbocycles. The predicted molar refractivity (Wildman–Crippen MR) is 22.0 cm³/mol. The fourth-order valence-electron chi connectivity index (χ4n) is 0.227. The third kappa shape index (κ3) is 24.5. The molecule has 4 nitrogen and oxygen atoms in total. The number of hydrogen-bond acceptors (Lipinski definition) is 4. The van der Waals surface area contributed by atoms with E-state index in [0.717, 1.165) is 0 Å². The molecule has 0 aliphatic rings. The third-order valence-electron chi connectivity index (χ3n) is 0.483. The monoisotopic (exact) mass is 156 g/mol. The van der Waals surface area contributed by atoms with Gasteiger partial charge in [0.25, 0.3) is 0 Å². The summed E-state index contributed by atoms with van der Waals surface area (Å²) in [5, 5.41) is 0. The minimum atomic E-state index is -4.93. The molecular formula is C3H7Li3O4Si. The van der Waals surface area contributed by atoms with Gasteiger partial charge in [-0.3, -0.25) is 0 Å². The molecule has 0 N–H and O–H groups in total. The molecule has 0 fully saturated rings. The van der Waals surface area contributed by atoms with Gasteiger partial charge in [0, 0.05) is 6.61 Å². The summed E-state index contributed by atoms with van der Waals surface area (Å²) in [5.41, 5.74) is 0. The molecule has 11 heavy (non-hydrogen) atoms. The Morgan fingerprint density at radius 1 is 1.09 bits per heavy atom. The maximum Gasteiger partial charge on any atom is 1.00 e. The van der Waals surface area contributed by atoms with Gasteiger partial charge in [-0.05, 0) is 6.42 Å². The van der Waals surface area contributed by atoms with Crippen molar-refractivity contribution in [2.24, 2.45) is 0 Å². The van der Waals surface area contributed by atoms with E-state index >= 15 is 0 Å². The van der Waals surface area contributed by atoms with Crippen molar-refractivity contribution in [1.82, 2.24) is 0 Å². The van der Waals surface area contributed by atoms with E-state index < -0.39 is 9.05 Å². The standard InChI is InChI=1S/C3H7O4Si.3Li/c1-2-3-7-8(4,5)6;;;/h2-3H2,1H3;;;/q-3;3*+1. The minimum absolute atomic E-state index is 0. The van der Waals surface area contributed by atoms with Crippen LogP contribution in [0.5, 0.6) is 0 Å². The quantitative estimate of drug-likeness (QED) is 0.380. The summed E-state index contributed by atoms with van der Waals surface area (Å²) in [6.45, 7) is 1.73. The smallest absolute Gasteiger partial charge is 0.861 e. The maximum absolute atomic E-state index is 9.67. The second-order valence-corrected chi connectivity index (χ2v) is 2.64. The van der Waals surface area contributed by atoms with Crippen LogP contribution in [0, 0.1) is 0 Å². The molecule has 50 valence electrons. The van der Waals surface area contributed by atoms with Crippen molar-refractivity contribution in [2.75, 3.05) is 6.61 Å². The van der Waals surface area contributed by atoms with Crippen LogP contribution in [0.2, 0.25) is 0 Å². The molecule has 0 heterocycles. The van der Waals surface area contributed by atoms with E-state index in [1.165, 1.54) is 0 Å². The van der Waals surface area contributed by atoms with Gasteiger partial charge in [0.15, 0.2) is 0 Å². The van der Waals surface area contributed by atoms with Gasteiger partial charge in [0.05, 0.1) is 0 Å². The molecule has 8 heteroatoms. The van der Waals surface area contributed by atoms with E-state index in [2.05, 4.69) is 4.43 Å². The Morgan fingerprint density at radius 3 is 1.55 bits per heavy atom. The molecule has 0 amide bonds. The van der Waals surface area contributed by atoms with Crippen molar-refractivity contribution in [2.45, 2.75) is 13.3 Å². The fourth-order valence-corrected chi connectivity index (χ4v) is 0.681. The number of rotatable bonds is 3. The van der Waals surface area contributed by atoms with Crippen LogP contribution in [0.15, 0.2) is 0 Å². The molecule has 0 rings (SSSR count). The summed E-state index contributed by atoms with van der Waals surface area (Å²) in [5.74, 6) is 0. The molecule has 0 spiro atoms. The van der Waals surface area contributed by atoms with Gasteiger partial charge < -0.3 is 18.8 Å². The van der Waals surface area contributed by atoms with Gasteiger partial charge in [-0.25, -0.2) is 0 Å². The normalized spacial score (nSPS) is 8.73. The molecule has 0 aromatic carbocycles. The maximum atomic E-state index is 9.67. The van der Waals surface area contributed by atoms with Crippen molar-refractivity contribution in [3.63, 3.8) is 0 Å². The Balaban J connectivity index is -0.0000000817. The van der Waals surface area contributed by atoms with E-state index in [-0.39, 0.29) is 63.2 Å². The van der Waals surface area contributed by atoms with Crippen LogP contribution in [-0.4, -0.2) is 15.7 Å². The van der Waals surface area contributed by atoms with Crippen LogP contribution in [0.4, 0.5) is 0 Å². The Morgan fingerprint density at radius 2 is 1.45 bits per heavy atom. The zero-order valence-corrected chi connectivity index (χ0v) is 8.55. The molecule has 0 aromatic heterocycles. The van der Waals surface area contributed by atoms with Crippen LogP contribution in [0.25, 0.3) is 0 Å². The van der Waals surface area contributed by atoms with Gasteiger partial charge in [-0.15, -0.1) is 9.05 Å². The van der Waals surface area contributed by atoms with Crippen LogP contribution < -0.4 is 71.0 Å². The Hall–Kier alpha value is 1.85. The van der Waals surface area contributed by atoms with Crippen LogP contribution in [-0.2, 0) is 4.43 Å². The first-order chi connectivity index (χ1) is 3.56. The van der Waals surface area contributed by atoms with Gasteiger partial charge >= 0.3 is 56.6 Å². The second-order valence-electron chi connectivity index (χ2n) is 1.35. The molecule has 0 saturated heterocycles. The van der Waals surface area contributed by atoms with Crippen molar-refractivity contribution in [3.8, 4) is 0 Å². The van der Waals surface area contributed by atoms with E-state index in [1.54, 1.807) is 6.92 Å². The summed E-state index contributed by atoms with van der Waals surface area (Å²) in [6, 6.07) is 0. The first kappa shape index (κ1) is 23.0. The largest absolute Gasteiger partial charge is 1.00 e. The van der Waals surface area contributed by atoms with Crippen LogP contribution in [0.1, 0.15) is 13.3 Å². The molecule has 0 aromatic rings.